The second kappa shape index (κ2) is 5.93. The Labute approximate surface area is 115 Å². The number of aryl methyl sites for hydroxylation is 2. The molecule has 0 heterocycles. The predicted octanol–water partition coefficient (Wildman–Crippen LogP) is 2.86. The van der Waals surface area contributed by atoms with Gasteiger partial charge in [-0.3, -0.25) is 0 Å². The van der Waals surface area contributed by atoms with Gasteiger partial charge in [0.05, 0.1) is 13.2 Å². The normalized spacial score (nSPS) is 25.1. The van der Waals surface area contributed by atoms with Gasteiger partial charge in [0.1, 0.15) is 5.75 Å². The van der Waals surface area contributed by atoms with Crippen molar-refractivity contribution >= 4 is 0 Å². The van der Waals surface area contributed by atoms with Crippen molar-refractivity contribution < 1.29 is 9.84 Å². The van der Waals surface area contributed by atoms with Crippen LogP contribution < -0.4 is 10.5 Å². The van der Waals surface area contributed by atoms with Crippen LogP contribution in [0.25, 0.3) is 0 Å². The van der Waals surface area contributed by atoms with Gasteiger partial charge in [0.25, 0.3) is 0 Å². The van der Waals surface area contributed by atoms with E-state index in [0.29, 0.717) is 5.92 Å². The van der Waals surface area contributed by atoms with Crippen molar-refractivity contribution in [3.8, 4) is 5.75 Å². The molecule has 3 N–H and O–H groups in total. The van der Waals surface area contributed by atoms with Gasteiger partial charge in [0, 0.05) is 11.6 Å². The Morgan fingerprint density at radius 1 is 1.21 bits per heavy atom. The van der Waals surface area contributed by atoms with Crippen molar-refractivity contribution in [1.29, 1.82) is 0 Å². The van der Waals surface area contributed by atoms with Crippen molar-refractivity contribution in [2.24, 2.45) is 11.7 Å². The molecule has 0 amide bonds. The van der Waals surface area contributed by atoms with E-state index in [1.807, 2.05) is 0 Å². The summed E-state index contributed by atoms with van der Waals surface area (Å²) in [6, 6.07) is 4.27. The Kier molecular flexibility index (Phi) is 4.48. The maximum absolute atomic E-state index is 9.60. The molecule has 1 unspecified atom stereocenters. The summed E-state index contributed by atoms with van der Waals surface area (Å²) in [6.07, 6.45) is 3.60. The van der Waals surface area contributed by atoms with Gasteiger partial charge < -0.3 is 15.6 Å². The minimum atomic E-state index is -0.135. The number of rotatable bonds is 3. The maximum Gasteiger partial charge on any atom is 0.126 e. The van der Waals surface area contributed by atoms with Gasteiger partial charge in [-0.15, -0.1) is 0 Å². The number of aliphatic hydroxyl groups excluding tert-OH is 1. The van der Waals surface area contributed by atoms with Crippen LogP contribution in [0.4, 0.5) is 0 Å². The second-order valence-corrected chi connectivity index (χ2v) is 5.80. The first-order chi connectivity index (χ1) is 9.02. The zero-order valence-electron chi connectivity index (χ0n) is 12.1. The Morgan fingerprint density at radius 3 is 2.42 bits per heavy atom. The quantitative estimate of drug-likeness (QED) is 0.881. The number of hydrogen-bond acceptors (Lipinski definition) is 3. The van der Waals surface area contributed by atoms with E-state index in [0.717, 1.165) is 42.6 Å². The van der Waals surface area contributed by atoms with Crippen LogP contribution in [0.2, 0.25) is 0 Å². The molecule has 1 aromatic carbocycles. The van der Waals surface area contributed by atoms with Crippen LogP contribution in [0.15, 0.2) is 12.1 Å². The van der Waals surface area contributed by atoms with Crippen molar-refractivity contribution in [2.45, 2.75) is 51.7 Å². The lowest BCUT2D eigenvalue weighted by molar-refractivity contribution is 0.101. The second-order valence-electron chi connectivity index (χ2n) is 5.80. The van der Waals surface area contributed by atoms with Crippen LogP contribution in [-0.4, -0.2) is 18.3 Å². The molecule has 1 aromatic rings. The highest BCUT2D eigenvalue weighted by Gasteiger charge is 2.27. The lowest BCUT2D eigenvalue weighted by Gasteiger charge is -2.31. The van der Waals surface area contributed by atoms with Crippen molar-refractivity contribution in [3.63, 3.8) is 0 Å². The lowest BCUT2D eigenvalue weighted by Crippen LogP contribution is -2.28. The number of nitrogens with two attached hydrogens (primary N) is 1. The molecule has 3 heteroatoms. The number of hydrogen-bond donors (Lipinski definition) is 2. The number of benzene rings is 1. The van der Waals surface area contributed by atoms with Crippen molar-refractivity contribution in [3.05, 3.63) is 28.8 Å². The van der Waals surface area contributed by atoms with Crippen LogP contribution in [0.1, 0.15) is 48.4 Å². The Balaban J connectivity index is 2.25. The average molecular weight is 263 g/mol. The number of methoxy groups -OCH3 is 1. The smallest absolute Gasteiger partial charge is 0.126 e. The molecule has 19 heavy (non-hydrogen) atoms. The summed E-state index contributed by atoms with van der Waals surface area (Å²) in [4.78, 5) is 0. The number of aliphatic hydroxyl groups is 1. The monoisotopic (exact) mass is 263 g/mol. The summed E-state index contributed by atoms with van der Waals surface area (Å²) in [6.45, 7) is 4.15. The Hall–Kier alpha value is -1.06. The van der Waals surface area contributed by atoms with Crippen LogP contribution in [-0.2, 0) is 0 Å². The lowest BCUT2D eigenvalue weighted by atomic mass is 9.79. The Morgan fingerprint density at radius 2 is 1.84 bits per heavy atom. The average Bonchev–Trinajstić information content (AvgIpc) is 2.38. The standard InChI is InChI=1S/C16H25NO2/c1-10-8-11(2)16(19-3)14(9-10)15(17)12-4-6-13(18)7-5-12/h8-9,12-13,15,18H,4-7,17H2,1-3H3. The molecule has 0 radical (unpaired) electrons. The van der Waals surface area contributed by atoms with E-state index in [1.54, 1.807) is 7.11 Å². The fourth-order valence-corrected chi connectivity index (χ4v) is 3.23. The van der Waals surface area contributed by atoms with Gasteiger partial charge in [-0.2, -0.15) is 0 Å². The molecule has 0 aliphatic heterocycles. The Bertz CT molecular complexity index is 437. The molecular weight excluding hydrogens is 238 g/mol. The van der Waals surface area contributed by atoms with Gasteiger partial charge in [-0.25, -0.2) is 0 Å². The first-order valence-corrected chi connectivity index (χ1v) is 7.11. The molecular formula is C16H25NO2. The zero-order chi connectivity index (χ0) is 14.0. The first-order valence-electron chi connectivity index (χ1n) is 7.11. The third-order valence-electron chi connectivity index (χ3n) is 4.26. The topological polar surface area (TPSA) is 55.5 Å². The van der Waals surface area contributed by atoms with E-state index in [2.05, 4.69) is 26.0 Å². The molecule has 0 spiro atoms. The molecule has 2 rings (SSSR count). The fraction of sp³-hybridized carbons (Fsp3) is 0.625. The van der Waals surface area contributed by atoms with Crippen LogP contribution in [0.5, 0.6) is 5.75 Å². The summed E-state index contributed by atoms with van der Waals surface area (Å²) in [5, 5.41) is 9.60. The molecule has 1 fully saturated rings. The fourth-order valence-electron chi connectivity index (χ4n) is 3.23. The first kappa shape index (κ1) is 14.4. The highest BCUT2D eigenvalue weighted by atomic mass is 16.5. The largest absolute Gasteiger partial charge is 0.496 e. The van der Waals surface area contributed by atoms with E-state index in [-0.39, 0.29) is 12.1 Å². The molecule has 1 atom stereocenters. The van der Waals surface area contributed by atoms with E-state index in [4.69, 9.17) is 10.5 Å². The summed E-state index contributed by atoms with van der Waals surface area (Å²) < 4.78 is 5.53. The predicted molar refractivity (Wildman–Crippen MR) is 77.4 cm³/mol. The van der Waals surface area contributed by atoms with Crippen LogP contribution in [0, 0.1) is 19.8 Å². The third-order valence-corrected chi connectivity index (χ3v) is 4.26. The molecule has 106 valence electrons. The zero-order valence-corrected chi connectivity index (χ0v) is 12.1. The van der Waals surface area contributed by atoms with E-state index in [9.17, 15) is 5.11 Å². The van der Waals surface area contributed by atoms with Crippen molar-refractivity contribution in [2.75, 3.05) is 7.11 Å². The summed E-state index contributed by atoms with van der Waals surface area (Å²) in [5.41, 5.74) is 9.94. The maximum atomic E-state index is 9.60. The highest BCUT2D eigenvalue weighted by Crippen LogP contribution is 2.38. The highest BCUT2D eigenvalue weighted by molar-refractivity contribution is 5.45. The van der Waals surface area contributed by atoms with E-state index in [1.165, 1.54) is 5.56 Å². The summed E-state index contributed by atoms with van der Waals surface area (Å²) in [7, 11) is 1.71. The summed E-state index contributed by atoms with van der Waals surface area (Å²) in [5.74, 6) is 1.36. The van der Waals surface area contributed by atoms with Gasteiger partial charge in [0.2, 0.25) is 0 Å². The molecule has 1 saturated carbocycles. The molecule has 1 aliphatic carbocycles. The third kappa shape index (κ3) is 3.10. The molecule has 0 saturated heterocycles. The van der Waals surface area contributed by atoms with Gasteiger partial charge in [0.15, 0.2) is 0 Å². The van der Waals surface area contributed by atoms with Gasteiger partial charge >= 0.3 is 0 Å². The molecule has 0 aromatic heterocycles. The van der Waals surface area contributed by atoms with Crippen molar-refractivity contribution in [1.82, 2.24) is 0 Å². The minimum absolute atomic E-state index is 0.000972. The minimum Gasteiger partial charge on any atom is -0.496 e. The molecule has 0 bridgehead atoms. The molecule has 3 nitrogen and oxygen atoms in total. The summed E-state index contributed by atoms with van der Waals surface area (Å²) >= 11 is 0. The van der Waals surface area contributed by atoms with Crippen LogP contribution in [0.3, 0.4) is 0 Å². The number of ether oxygens (including phenoxy) is 1. The van der Waals surface area contributed by atoms with Crippen LogP contribution >= 0.6 is 0 Å². The van der Waals surface area contributed by atoms with Gasteiger partial charge in [-0.05, 0) is 51.0 Å². The SMILES string of the molecule is COc1c(C)cc(C)cc1C(N)C1CCC(O)CC1. The van der Waals surface area contributed by atoms with Gasteiger partial charge in [-0.1, -0.05) is 17.7 Å². The van der Waals surface area contributed by atoms with E-state index < -0.39 is 0 Å². The molecule has 1 aliphatic rings. The van der Waals surface area contributed by atoms with E-state index >= 15 is 0 Å².